The SMILES string of the molecule is CCS(=O)(=O)c1ccc(-c2ccc(NS(=O)(=O)CCc3ccccc3)cc2)nn1. The summed E-state index contributed by atoms with van der Waals surface area (Å²) in [6.07, 6.45) is 0.427. The molecule has 3 aromatic rings. The van der Waals surface area contributed by atoms with Gasteiger partial charge in [-0.3, -0.25) is 4.72 Å². The molecule has 0 atom stereocenters. The van der Waals surface area contributed by atoms with Crippen LogP contribution in [0.4, 0.5) is 5.69 Å². The van der Waals surface area contributed by atoms with Crippen LogP contribution >= 0.6 is 0 Å². The number of benzene rings is 2. The number of hydrogen-bond donors (Lipinski definition) is 1. The summed E-state index contributed by atoms with van der Waals surface area (Å²) in [4.78, 5) is 0. The fraction of sp³-hybridized carbons (Fsp3) is 0.200. The van der Waals surface area contributed by atoms with Crippen LogP contribution in [0, 0.1) is 0 Å². The first kappa shape index (κ1) is 20.9. The lowest BCUT2D eigenvalue weighted by molar-refractivity contribution is 0.591. The summed E-state index contributed by atoms with van der Waals surface area (Å²) in [5, 5.41) is 7.68. The molecule has 0 saturated carbocycles. The quantitative estimate of drug-likeness (QED) is 0.588. The average molecular weight is 432 g/mol. The van der Waals surface area contributed by atoms with Crippen molar-refractivity contribution in [2.75, 3.05) is 16.2 Å². The van der Waals surface area contributed by atoms with E-state index in [1.807, 2.05) is 30.3 Å². The Morgan fingerprint density at radius 3 is 2.10 bits per heavy atom. The van der Waals surface area contributed by atoms with Crippen molar-refractivity contribution in [3.8, 4) is 11.3 Å². The van der Waals surface area contributed by atoms with Crippen molar-refractivity contribution in [1.29, 1.82) is 0 Å². The Balaban J connectivity index is 1.67. The van der Waals surface area contributed by atoms with Crippen LogP contribution in [0.3, 0.4) is 0 Å². The average Bonchev–Trinajstić information content (AvgIpc) is 2.73. The van der Waals surface area contributed by atoms with Crippen LogP contribution in [-0.4, -0.2) is 38.5 Å². The molecule has 0 saturated heterocycles. The highest BCUT2D eigenvalue weighted by Crippen LogP contribution is 2.21. The monoisotopic (exact) mass is 431 g/mol. The van der Waals surface area contributed by atoms with Gasteiger partial charge in [0.1, 0.15) is 0 Å². The van der Waals surface area contributed by atoms with Gasteiger partial charge in [-0.1, -0.05) is 49.4 Å². The lowest BCUT2D eigenvalue weighted by Gasteiger charge is -2.09. The predicted molar refractivity (Wildman–Crippen MR) is 113 cm³/mol. The van der Waals surface area contributed by atoms with Crippen LogP contribution in [-0.2, 0) is 26.3 Å². The van der Waals surface area contributed by atoms with E-state index < -0.39 is 19.9 Å². The topological polar surface area (TPSA) is 106 Å². The summed E-state index contributed by atoms with van der Waals surface area (Å²) in [6, 6.07) is 19.1. The number of sulfone groups is 1. The van der Waals surface area contributed by atoms with E-state index in [1.54, 1.807) is 37.3 Å². The summed E-state index contributed by atoms with van der Waals surface area (Å²) >= 11 is 0. The number of anilines is 1. The number of hydrogen-bond acceptors (Lipinski definition) is 6. The molecule has 2 aromatic carbocycles. The minimum absolute atomic E-state index is 0.0163. The molecule has 29 heavy (non-hydrogen) atoms. The summed E-state index contributed by atoms with van der Waals surface area (Å²) in [5.74, 6) is -0.0578. The van der Waals surface area contributed by atoms with Gasteiger partial charge in [0.25, 0.3) is 0 Å². The molecule has 1 aromatic heterocycles. The molecule has 0 bridgehead atoms. The molecule has 3 rings (SSSR count). The van der Waals surface area contributed by atoms with Crippen molar-refractivity contribution in [3.05, 3.63) is 72.3 Å². The number of aryl methyl sites for hydroxylation is 1. The first-order valence-corrected chi connectivity index (χ1v) is 12.3. The molecule has 152 valence electrons. The highest BCUT2D eigenvalue weighted by molar-refractivity contribution is 7.92. The van der Waals surface area contributed by atoms with E-state index in [2.05, 4.69) is 14.9 Å². The third-order valence-electron chi connectivity index (χ3n) is 4.30. The second-order valence-corrected chi connectivity index (χ2v) is 10.5. The van der Waals surface area contributed by atoms with Crippen molar-refractivity contribution in [2.45, 2.75) is 18.4 Å². The van der Waals surface area contributed by atoms with Gasteiger partial charge in [0, 0.05) is 11.3 Å². The molecule has 0 aliphatic carbocycles. The Kier molecular flexibility index (Phi) is 6.29. The molecular weight excluding hydrogens is 410 g/mol. The zero-order valence-electron chi connectivity index (χ0n) is 15.8. The predicted octanol–water partition coefficient (Wildman–Crippen LogP) is 2.92. The van der Waals surface area contributed by atoms with E-state index in [0.717, 1.165) is 5.56 Å². The van der Waals surface area contributed by atoms with Gasteiger partial charge in [-0.15, -0.1) is 10.2 Å². The Hall–Kier alpha value is -2.78. The molecule has 0 unspecified atom stereocenters. The lowest BCUT2D eigenvalue weighted by Crippen LogP contribution is -2.18. The maximum absolute atomic E-state index is 12.3. The molecule has 7 nitrogen and oxygen atoms in total. The largest absolute Gasteiger partial charge is 0.284 e. The number of rotatable bonds is 8. The normalized spacial score (nSPS) is 11.9. The smallest absolute Gasteiger partial charge is 0.233 e. The zero-order valence-corrected chi connectivity index (χ0v) is 17.4. The van der Waals surface area contributed by atoms with Gasteiger partial charge in [-0.25, -0.2) is 16.8 Å². The van der Waals surface area contributed by atoms with Gasteiger partial charge in [-0.05, 0) is 36.2 Å². The summed E-state index contributed by atoms with van der Waals surface area (Å²) in [7, 11) is -6.88. The third-order valence-corrected chi connectivity index (χ3v) is 7.20. The van der Waals surface area contributed by atoms with Gasteiger partial charge in [0.15, 0.2) is 14.9 Å². The van der Waals surface area contributed by atoms with Gasteiger partial charge in [0.05, 0.1) is 17.2 Å². The molecule has 1 N–H and O–H groups in total. The second kappa shape index (κ2) is 8.71. The highest BCUT2D eigenvalue weighted by atomic mass is 32.2. The van der Waals surface area contributed by atoms with E-state index >= 15 is 0 Å². The van der Waals surface area contributed by atoms with Gasteiger partial charge < -0.3 is 0 Å². The van der Waals surface area contributed by atoms with Crippen LogP contribution in [0.1, 0.15) is 12.5 Å². The fourth-order valence-electron chi connectivity index (χ4n) is 2.62. The molecule has 0 aliphatic rings. The summed E-state index contributed by atoms with van der Waals surface area (Å²) in [5.41, 5.74) is 2.60. The molecule has 0 radical (unpaired) electrons. The van der Waals surface area contributed by atoms with E-state index in [1.165, 1.54) is 6.07 Å². The molecule has 0 fully saturated rings. The highest BCUT2D eigenvalue weighted by Gasteiger charge is 2.14. The Morgan fingerprint density at radius 2 is 1.52 bits per heavy atom. The van der Waals surface area contributed by atoms with Crippen molar-refractivity contribution in [2.24, 2.45) is 0 Å². The van der Waals surface area contributed by atoms with Crippen LogP contribution in [0.15, 0.2) is 71.8 Å². The molecular formula is C20H21N3O4S2. The number of aromatic nitrogens is 2. The second-order valence-electron chi connectivity index (χ2n) is 6.39. The minimum atomic E-state index is -3.48. The Bertz CT molecular complexity index is 1160. The summed E-state index contributed by atoms with van der Waals surface area (Å²) in [6.45, 7) is 1.55. The van der Waals surface area contributed by atoms with Crippen LogP contribution in [0.25, 0.3) is 11.3 Å². The number of nitrogens with one attached hydrogen (secondary N) is 1. The van der Waals surface area contributed by atoms with Gasteiger partial charge >= 0.3 is 0 Å². The van der Waals surface area contributed by atoms with Crippen molar-refractivity contribution < 1.29 is 16.8 Å². The molecule has 0 amide bonds. The van der Waals surface area contributed by atoms with Crippen molar-refractivity contribution in [1.82, 2.24) is 10.2 Å². The van der Waals surface area contributed by atoms with Crippen molar-refractivity contribution in [3.63, 3.8) is 0 Å². The zero-order chi connectivity index (χ0) is 20.9. The van der Waals surface area contributed by atoms with Gasteiger partial charge in [-0.2, -0.15) is 0 Å². The first-order valence-electron chi connectivity index (χ1n) is 9.00. The maximum atomic E-state index is 12.3. The lowest BCUT2D eigenvalue weighted by atomic mass is 10.1. The molecule has 1 heterocycles. The number of sulfonamides is 1. The minimum Gasteiger partial charge on any atom is -0.284 e. The maximum Gasteiger partial charge on any atom is 0.233 e. The Morgan fingerprint density at radius 1 is 0.828 bits per heavy atom. The van der Waals surface area contributed by atoms with Crippen LogP contribution < -0.4 is 4.72 Å². The van der Waals surface area contributed by atoms with Crippen LogP contribution in [0.2, 0.25) is 0 Å². The summed E-state index contributed by atoms with van der Waals surface area (Å²) < 4.78 is 50.8. The molecule has 0 spiro atoms. The van der Waals surface area contributed by atoms with E-state index in [-0.39, 0.29) is 16.5 Å². The fourth-order valence-corrected chi connectivity index (χ4v) is 4.46. The first-order chi connectivity index (χ1) is 13.8. The van der Waals surface area contributed by atoms with E-state index in [4.69, 9.17) is 0 Å². The molecule has 0 aliphatic heterocycles. The van der Waals surface area contributed by atoms with Gasteiger partial charge in [0.2, 0.25) is 10.0 Å². The van der Waals surface area contributed by atoms with E-state index in [0.29, 0.717) is 23.4 Å². The number of nitrogens with zero attached hydrogens (tertiary/aromatic N) is 2. The third kappa shape index (κ3) is 5.61. The standard InChI is InChI=1S/C20H21N3O4S2/c1-2-28(24,25)20-13-12-19(21-22-20)17-8-10-18(11-9-17)23-29(26,27)15-14-16-6-4-3-5-7-16/h3-13,23H,2,14-15H2,1H3. The van der Waals surface area contributed by atoms with Crippen LogP contribution in [0.5, 0.6) is 0 Å². The van der Waals surface area contributed by atoms with Crippen molar-refractivity contribution >= 4 is 25.5 Å². The Labute approximate surface area is 170 Å². The molecule has 9 heteroatoms. The van der Waals surface area contributed by atoms with E-state index in [9.17, 15) is 16.8 Å².